The van der Waals surface area contributed by atoms with E-state index in [4.69, 9.17) is 9.47 Å². The predicted molar refractivity (Wildman–Crippen MR) is 148 cm³/mol. The first-order valence-electron chi connectivity index (χ1n) is 12.3. The summed E-state index contributed by atoms with van der Waals surface area (Å²) < 4.78 is 13.4. The second-order valence-corrected chi connectivity index (χ2v) is 9.21. The molecule has 2 aromatic heterocycles. The molecule has 5 aromatic rings. The summed E-state index contributed by atoms with van der Waals surface area (Å²) >= 11 is 1.56. The lowest BCUT2D eigenvalue weighted by Gasteiger charge is -2.25. The number of carbonyl (C=O) groups excluding carboxylic acids is 1. The van der Waals surface area contributed by atoms with Crippen molar-refractivity contribution in [2.24, 2.45) is 0 Å². The number of thioether (sulfide) groups is 1. The van der Waals surface area contributed by atoms with Crippen LogP contribution >= 0.6 is 11.8 Å². The number of carbonyl (C=O) groups is 1. The van der Waals surface area contributed by atoms with Crippen molar-refractivity contribution >= 4 is 39.4 Å². The first kappa shape index (κ1) is 24.6. The van der Waals surface area contributed by atoms with Crippen LogP contribution in [0, 0.1) is 0 Å². The smallest absolute Gasteiger partial charge is 0.343 e. The summed E-state index contributed by atoms with van der Waals surface area (Å²) in [7, 11) is 0. The van der Waals surface area contributed by atoms with Crippen molar-refractivity contribution in [2.75, 3.05) is 6.61 Å². The van der Waals surface area contributed by atoms with E-state index in [0.717, 1.165) is 27.0 Å². The highest BCUT2D eigenvalue weighted by molar-refractivity contribution is 7.98. The lowest BCUT2D eigenvalue weighted by Crippen LogP contribution is -2.22. The second-order valence-electron chi connectivity index (χ2n) is 8.16. The van der Waals surface area contributed by atoms with Crippen LogP contribution in [0.4, 0.5) is 0 Å². The number of nitrogens with zero attached hydrogens (tertiary/aromatic N) is 2. The summed E-state index contributed by atoms with van der Waals surface area (Å²) in [6.07, 6.45) is 3.33. The highest BCUT2D eigenvalue weighted by Crippen LogP contribution is 2.43. The molecule has 0 atom stereocenters. The van der Waals surface area contributed by atoms with Crippen molar-refractivity contribution in [2.45, 2.75) is 31.4 Å². The van der Waals surface area contributed by atoms with Gasteiger partial charge < -0.3 is 14.0 Å². The van der Waals surface area contributed by atoms with Crippen molar-refractivity contribution in [3.8, 4) is 17.2 Å². The maximum Gasteiger partial charge on any atom is 0.343 e. The Morgan fingerprint density at radius 1 is 1.00 bits per heavy atom. The SMILES string of the molecule is CC.CCOC(=O)c1cn2c3c(cc(SCc4ccccn4)cc3c1=O)Oc1cc3ccccc3cc1-2. The van der Waals surface area contributed by atoms with Gasteiger partial charge in [0, 0.05) is 23.0 Å². The zero-order valence-corrected chi connectivity index (χ0v) is 21.7. The molecule has 1 aliphatic heterocycles. The van der Waals surface area contributed by atoms with Crippen LogP contribution in [-0.2, 0) is 10.5 Å². The number of hydrogen-bond acceptors (Lipinski definition) is 6. The van der Waals surface area contributed by atoms with Crippen LogP contribution < -0.4 is 10.2 Å². The molecule has 6 nitrogen and oxygen atoms in total. The molecule has 3 heterocycles. The molecule has 7 heteroatoms. The van der Waals surface area contributed by atoms with Crippen molar-refractivity contribution in [3.05, 3.63) is 101 Å². The lowest BCUT2D eigenvalue weighted by molar-refractivity contribution is 0.0524. The van der Waals surface area contributed by atoms with Crippen LogP contribution in [-0.4, -0.2) is 22.1 Å². The second kappa shape index (κ2) is 10.5. The normalized spacial score (nSPS) is 11.3. The number of rotatable bonds is 5. The molecule has 1 aliphatic rings. The Morgan fingerprint density at radius 3 is 2.49 bits per heavy atom. The fourth-order valence-electron chi connectivity index (χ4n) is 4.34. The van der Waals surface area contributed by atoms with E-state index in [1.54, 1.807) is 31.1 Å². The highest BCUT2D eigenvalue weighted by atomic mass is 32.2. The molecule has 0 amide bonds. The van der Waals surface area contributed by atoms with Crippen molar-refractivity contribution in [1.29, 1.82) is 0 Å². The van der Waals surface area contributed by atoms with Gasteiger partial charge in [-0.1, -0.05) is 44.2 Å². The third kappa shape index (κ3) is 4.58. The van der Waals surface area contributed by atoms with Crippen molar-refractivity contribution in [3.63, 3.8) is 0 Å². The minimum atomic E-state index is -0.634. The van der Waals surface area contributed by atoms with E-state index >= 15 is 0 Å². The van der Waals surface area contributed by atoms with E-state index in [2.05, 4.69) is 4.98 Å². The molecule has 0 bridgehead atoms. The van der Waals surface area contributed by atoms with Gasteiger partial charge in [-0.05, 0) is 54.1 Å². The standard InChI is InChI=1S/C28H20N2O4S.C2H6/c1-2-33-28(32)22-15-30-23-11-17-7-3-4-8-18(17)12-24(23)34-25-14-20(13-21(26(25)30)27(22)31)35-16-19-9-5-6-10-29-19;1-2/h3-15H,2,16H2,1H3;1-2H3. The van der Waals surface area contributed by atoms with Gasteiger partial charge in [0.2, 0.25) is 5.43 Å². The summed E-state index contributed by atoms with van der Waals surface area (Å²) in [4.78, 5) is 31.4. The molecule has 0 fully saturated rings. The van der Waals surface area contributed by atoms with Crippen LogP contribution in [0.3, 0.4) is 0 Å². The number of benzene rings is 3. The molecule has 0 spiro atoms. The number of esters is 1. The lowest BCUT2D eigenvalue weighted by atomic mass is 10.1. The quantitative estimate of drug-likeness (QED) is 0.181. The third-order valence-corrected chi connectivity index (χ3v) is 6.96. The van der Waals surface area contributed by atoms with Gasteiger partial charge in [-0.25, -0.2) is 4.79 Å². The number of pyridine rings is 2. The minimum absolute atomic E-state index is 0.00168. The molecule has 37 heavy (non-hydrogen) atoms. The van der Waals surface area contributed by atoms with E-state index in [-0.39, 0.29) is 17.6 Å². The molecule has 186 valence electrons. The van der Waals surface area contributed by atoms with E-state index < -0.39 is 5.97 Å². The largest absolute Gasteiger partial charge is 0.462 e. The van der Waals surface area contributed by atoms with E-state index in [9.17, 15) is 9.59 Å². The summed E-state index contributed by atoms with van der Waals surface area (Å²) in [6.45, 7) is 5.91. The van der Waals surface area contributed by atoms with Gasteiger partial charge in [0.15, 0.2) is 11.5 Å². The molecule has 0 saturated heterocycles. The first-order valence-corrected chi connectivity index (χ1v) is 13.2. The predicted octanol–water partition coefficient (Wildman–Crippen LogP) is 7.14. The van der Waals surface area contributed by atoms with Crippen LogP contribution in [0.15, 0.2) is 88.8 Å². The van der Waals surface area contributed by atoms with Crippen LogP contribution in [0.1, 0.15) is 36.8 Å². The van der Waals surface area contributed by atoms with E-state index in [0.29, 0.717) is 28.2 Å². The molecule has 0 radical (unpaired) electrons. The fourth-order valence-corrected chi connectivity index (χ4v) is 5.22. The summed E-state index contributed by atoms with van der Waals surface area (Å²) in [5.41, 5.74) is 1.96. The van der Waals surface area contributed by atoms with Gasteiger partial charge in [0.05, 0.1) is 23.4 Å². The Kier molecular flexibility index (Phi) is 6.97. The van der Waals surface area contributed by atoms with Gasteiger partial charge in [-0.3, -0.25) is 9.78 Å². The third-order valence-electron chi connectivity index (χ3n) is 5.95. The summed E-state index contributed by atoms with van der Waals surface area (Å²) in [6, 6.07) is 21.5. The Balaban J connectivity index is 0.00000137. The Labute approximate surface area is 218 Å². The molecular weight excluding hydrogens is 484 g/mol. The van der Waals surface area contributed by atoms with Gasteiger partial charge in [0.25, 0.3) is 0 Å². The molecule has 0 aliphatic carbocycles. The Hall–Kier alpha value is -4.10. The maximum atomic E-state index is 13.4. The molecular formula is C30H26N2O4S. The highest BCUT2D eigenvalue weighted by Gasteiger charge is 2.26. The van der Waals surface area contributed by atoms with Crippen molar-refractivity contribution < 1.29 is 14.3 Å². The zero-order valence-electron chi connectivity index (χ0n) is 20.9. The van der Waals surface area contributed by atoms with Crippen LogP contribution in [0.2, 0.25) is 0 Å². The number of hydrogen-bond donors (Lipinski definition) is 0. The van der Waals surface area contributed by atoms with Gasteiger partial charge in [0.1, 0.15) is 11.1 Å². The molecule has 3 aromatic carbocycles. The van der Waals surface area contributed by atoms with E-state index in [1.807, 2.05) is 85.1 Å². The van der Waals surface area contributed by atoms with Gasteiger partial charge in [-0.2, -0.15) is 0 Å². The zero-order chi connectivity index (χ0) is 25.9. The molecule has 0 saturated carbocycles. The van der Waals surface area contributed by atoms with Crippen LogP contribution in [0.5, 0.6) is 11.5 Å². The average Bonchev–Trinajstić information content (AvgIpc) is 2.94. The monoisotopic (exact) mass is 510 g/mol. The summed E-state index contributed by atoms with van der Waals surface area (Å²) in [5.74, 6) is 1.23. The minimum Gasteiger partial charge on any atom is -0.462 e. The van der Waals surface area contributed by atoms with Gasteiger partial charge >= 0.3 is 5.97 Å². The summed E-state index contributed by atoms with van der Waals surface area (Å²) in [5, 5.41) is 2.49. The number of aromatic nitrogens is 2. The van der Waals surface area contributed by atoms with E-state index in [1.165, 1.54) is 0 Å². The molecule has 6 rings (SSSR count). The fraction of sp³-hybridized carbons (Fsp3) is 0.167. The molecule has 0 unspecified atom stereocenters. The number of fused-ring (bicyclic) bond motifs is 3. The number of ether oxygens (including phenoxy) is 2. The first-order chi connectivity index (χ1) is 18.1. The van der Waals surface area contributed by atoms with Gasteiger partial charge in [-0.15, -0.1) is 11.8 Å². The Bertz CT molecular complexity index is 1680. The average molecular weight is 511 g/mol. The maximum absolute atomic E-state index is 13.4. The molecule has 0 N–H and O–H groups in total. The van der Waals surface area contributed by atoms with Crippen LogP contribution in [0.25, 0.3) is 27.4 Å². The topological polar surface area (TPSA) is 70.4 Å². The Morgan fingerprint density at radius 2 is 1.76 bits per heavy atom. The van der Waals surface area contributed by atoms with Crippen molar-refractivity contribution in [1.82, 2.24) is 9.55 Å².